The van der Waals surface area contributed by atoms with Crippen LogP contribution in [0.25, 0.3) is 10.9 Å². The van der Waals surface area contributed by atoms with Gasteiger partial charge in [0.25, 0.3) is 0 Å². The maximum Gasteiger partial charge on any atom is 0.356 e. The number of pyridine rings is 1. The zero-order valence-electron chi connectivity index (χ0n) is 19.7. The number of carbonyl (C=O) groups excluding carboxylic acids is 1. The molecule has 1 N–H and O–H groups in total. The fraction of sp³-hybridized carbons (Fsp3) is 0.143. The Bertz CT molecular complexity index is 1420. The number of fused-ring (bicyclic) bond motifs is 1. The molecule has 2 heterocycles. The molecular weight excluding hydrogens is 515 g/mol. The van der Waals surface area contributed by atoms with Gasteiger partial charge in [-0.15, -0.1) is 0 Å². The number of halogens is 2. The van der Waals surface area contributed by atoms with Crippen LogP contribution in [-0.4, -0.2) is 34.3 Å². The van der Waals surface area contributed by atoms with Crippen molar-refractivity contribution in [2.45, 2.75) is 18.9 Å². The van der Waals surface area contributed by atoms with Crippen LogP contribution in [0.5, 0.6) is 0 Å². The van der Waals surface area contributed by atoms with Crippen molar-refractivity contribution in [3.05, 3.63) is 112 Å². The number of hydrogen-bond donors (Lipinski definition) is 1. The van der Waals surface area contributed by atoms with E-state index in [-0.39, 0.29) is 10.6 Å². The van der Waals surface area contributed by atoms with Crippen molar-refractivity contribution in [2.24, 2.45) is 5.16 Å². The number of aromatic nitrogens is 1. The average Bonchev–Trinajstić information content (AvgIpc) is 3.37. The van der Waals surface area contributed by atoms with E-state index < -0.39 is 17.5 Å². The standard InChI is InChI=1S/C18H17NO3.C10H5Cl2NO2/c1-2-21-17(20)16-13-18(22-19-16,14-9-5-3-6-10-14)15-11-7-4-8-12-15;11-6-3-5-1-2-7(12)8(10(14)15)9(5)13-4-6/h3-12H,2,13H2,1H3;1-4H,(H,14,15). The molecule has 0 saturated heterocycles. The van der Waals surface area contributed by atoms with Crippen LogP contribution in [0.2, 0.25) is 10.0 Å². The Labute approximate surface area is 223 Å². The van der Waals surface area contributed by atoms with Crippen molar-refractivity contribution in [1.29, 1.82) is 0 Å². The Morgan fingerprint density at radius 1 is 1.00 bits per heavy atom. The Hall–Kier alpha value is -3.94. The van der Waals surface area contributed by atoms with Crippen LogP contribution in [0.1, 0.15) is 34.8 Å². The van der Waals surface area contributed by atoms with Gasteiger partial charge in [0, 0.05) is 22.7 Å². The van der Waals surface area contributed by atoms with Gasteiger partial charge >= 0.3 is 11.9 Å². The van der Waals surface area contributed by atoms with E-state index in [1.54, 1.807) is 19.1 Å². The van der Waals surface area contributed by atoms with Gasteiger partial charge in [-0.3, -0.25) is 4.98 Å². The monoisotopic (exact) mass is 536 g/mol. The number of ether oxygens (including phenoxy) is 1. The Balaban J connectivity index is 0.000000186. The minimum atomic E-state index is -1.10. The van der Waals surface area contributed by atoms with Gasteiger partial charge in [-0.2, -0.15) is 0 Å². The fourth-order valence-corrected chi connectivity index (χ4v) is 4.40. The van der Waals surface area contributed by atoms with E-state index in [0.29, 0.717) is 34.7 Å². The molecular formula is C28H22Cl2N2O5. The minimum Gasteiger partial charge on any atom is -0.478 e. The first-order valence-corrected chi connectivity index (χ1v) is 12.1. The van der Waals surface area contributed by atoms with Gasteiger partial charge in [-0.05, 0) is 19.1 Å². The highest BCUT2D eigenvalue weighted by Crippen LogP contribution is 2.41. The van der Waals surface area contributed by atoms with Crippen LogP contribution in [0.3, 0.4) is 0 Å². The first kappa shape index (κ1) is 26.1. The number of benzene rings is 3. The first-order valence-electron chi connectivity index (χ1n) is 11.4. The maximum atomic E-state index is 12.0. The second-order valence-electron chi connectivity index (χ2n) is 8.04. The largest absolute Gasteiger partial charge is 0.478 e. The molecule has 0 atom stereocenters. The molecule has 3 aromatic carbocycles. The molecule has 0 radical (unpaired) electrons. The molecule has 37 heavy (non-hydrogen) atoms. The smallest absolute Gasteiger partial charge is 0.356 e. The summed E-state index contributed by atoms with van der Waals surface area (Å²) in [5.74, 6) is -1.52. The number of oxime groups is 1. The Morgan fingerprint density at radius 2 is 1.62 bits per heavy atom. The number of nitrogens with zero attached hydrogens (tertiary/aromatic N) is 2. The third-order valence-electron chi connectivity index (χ3n) is 5.70. The summed E-state index contributed by atoms with van der Waals surface area (Å²) in [6.45, 7) is 2.09. The lowest BCUT2D eigenvalue weighted by atomic mass is 9.82. The summed E-state index contributed by atoms with van der Waals surface area (Å²) < 4.78 is 5.04. The number of carboxylic acid groups (broad SMARTS) is 1. The predicted molar refractivity (Wildman–Crippen MR) is 142 cm³/mol. The predicted octanol–water partition coefficient (Wildman–Crippen LogP) is 6.51. The zero-order valence-corrected chi connectivity index (χ0v) is 21.2. The van der Waals surface area contributed by atoms with Crippen molar-refractivity contribution >= 4 is 51.8 Å². The maximum absolute atomic E-state index is 12.0. The van der Waals surface area contributed by atoms with Crippen LogP contribution in [0.15, 0.2) is 90.2 Å². The van der Waals surface area contributed by atoms with Crippen molar-refractivity contribution in [1.82, 2.24) is 4.98 Å². The lowest BCUT2D eigenvalue weighted by molar-refractivity contribution is -0.135. The molecule has 0 fully saturated rings. The molecule has 1 aliphatic rings. The van der Waals surface area contributed by atoms with Crippen LogP contribution >= 0.6 is 23.2 Å². The van der Waals surface area contributed by atoms with E-state index in [9.17, 15) is 9.59 Å². The van der Waals surface area contributed by atoms with E-state index in [0.717, 1.165) is 11.1 Å². The van der Waals surface area contributed by atoms with Gasteiger partial charge in [0.15, 0.2) is 11.3 Å². The van der Waals surface area contributed by atoms with E-state index in [1.165, 1.54) is 12.3 Å². The van der Waals surface area contributed by atoms with E-state index in [1.807, 2.05) is 60.7 Å². The van der Waals surface area contributed by atoms with E-state index in [2.05, 4.69) is 10.1 Å². The molecule has 7 nitrogen and oxygen atoms in total. The SMILES string of the molecule is CCOC(=O)C1=NOC(c2ccccc2)(c2ccccc2)C1.O=C(O)c1c(Cl)ccc2cc(Cl)cnc12. The van der Waals surface area contributed by atoms with Crippen molar-refractivity contribution in [3.63, 3.8) is 0 Å². The second-order valence-corrected chi connectivity index (χ2v) is 8.88. The number of aromatic carboxylic acids is 1. The van der Waals surface area contributed by atoms with Crippen molar-refractivity contribution in [3.8, 4) is 0 Å². The number of esters is 1. The number of hydrogen-bond acceptors (Lipinski definition) is 6. The van der Waals surface area contributed by atoms with Gasteiger partial charge in [-0.25, -0.2) is 9.59 Å². The van der Waals surface area contributed by atoms with Crippen LogP contribution in [0, 0.1) is 0 Å². The molecule has 1 aliphatic heterocycles. The van der Waals surface area contributed by atoms with Gasteiger partial charge < -0.3 is 14.7 Å². The molecule has 9 heteroatoms. The molecule has 0 bridgehead atoms. The van der Waals surface area contributed by atoms with Gasteiger partial charge in [0.2, 0.25) is 0 Å². The third kappa shape index (κ3) is 5.58. The Morgan fingerprint density at radius 3 is 2.19 bits per heavy atom. The molecule has 1 aromatic heterocycles. The van der Waals surface area contributed by atoms with Crippen LogP contribution < -0.4 is 0 Å². The van der Waals surface area contributed by atoms with Crippen LogP contribution in [-0.2, 0) is 20.0 Å². The topological polar surface area (TPSA) is 98.1 Å². The zero-order chi connectivity index (χ0) is 26.4. The molecule has 4 aromatic rings. The molecule has 0 unspecified atom stereocenters. The molecule has 5 rings (SSSR count). The Kier molecular flexibility index (Phi) is 8.06. The highest BCUT2D eigenvalue weighted by molar-refractivity contribution is 6.37. The average molecular weight is 537 g/mol. The highest BCUT2D eigenvalue weighted by Gasteiger charge is 2.45. The highest BCUT2D eigenvalue weighted by atomic mass is 35.5. The minimum absolute atomic E-state index is 0.00540. The number of carboxylic acids is 1. The summed E-state index contributed by atoms with van der Waals surface area (Å²) in [5, 5.41) is 14.3. The molecule has 0 amide bonds. The van der Waals surface area contributed by atoms with Crippen molar-refractivity contribution < 1.29 is 24.3 Å². The molecule has 0 saturated carbocycles. The summed E-state index contributed by atoms with van der Waals surface area (Å²) in [4.78, 5) is 32.7. The fourth-order valence-electron chi connectivity index (χ4n) is 4.00. The normalized spacial score (nSPS) is 13.6. The summed E-state index contributed by atoms with van der Waals surface area (Å²) in [5.41, 5.74) is 1.82. The molecule has 188 valence electrons. The lowest BCUT2D eigenvalue weighted by Gasteiger charge is -2.27. The lowest BCUT2D eigenvalue weighted by Crippen LogP contribution is -2.29. The quantitative estimate of drug-likeness (QED) is 0.292. The van der Waals surface area contributed by atoms with Crippen LogP contribution in [0.4, 0.5) is 0 Å². The molecule has 0 aliphatic carbocycles. The van der Waals surface area contributed by atoms with Gasteiger partial charge in [0.1, 0.15) is 5.56 Å². The van der Waals surface area contributed by atoms with Gasteiger partial charge in [-0.1, -0.05) is 95.1 Å². The summed E-state index contributed by atoms with van der Waals surface area (Å²) >= 11 is 11.5. The molecule has 0 spiro atoms. The van der Waals surface area contributed by atoms with Crippen molar-refractivity contribution in [2.75, 3.05) is 6.61 Å². The summed E-state index contributed by atoms with van der Waals surface area (Å²) in [6, 6.07) is 24.5. The van der Waals surface area contributed by atoms with Gasteiger partial charge in [0.05, 0.1) is 28.6 Å². The first-order chi connectivity index (χ1) is 17.9. The summed E-state index contributed by atoms with van der Waals surface area (Å²) in [7, 11) is 0. The second kappa shape index (κ2) is 11.4. The number of rotatable bonds is 5. The van der Waals surface area contributed by atoms with E-state index >= 15 is 0 Å². The number of carbonyl (C=O) groups is 2. The summed E-state index contributed by atoms with van der Waals surface area (Å²) in [6.07, 6.45) is 1.76. The third-order valence-corrected chi connectivity index (χ3v) is 6.22. The van der Waals surface area contributed by atoms with E-state index in [4.69, 9.17) is 37.9 Å².